The van der Waals surface area contributed by atoms with Crippen LogP contribution in [0.15, 0.2) is 0 Å². The molecule has 0 radical (unpaired) electrons. The maximum Gasteiger partial charge on any atom is 0.281 e. The highest BCUT2D eigenvalue weighted by molar-refractivity contribution is 7.86. The maximum absolute atomic E-state index is 12.4. The van der Waals surface area contributed by atoms with Gasteiger partial charge in [-0.1, -0.05) is 6.42 Å². The Bertz CT molecular complexity index is 504. The second-order valence-corrected chi connectivity index (χ2v) is 9.75. The minimum absolute atomic E-state index is 0.0360. The summed E-state index contributed by atoms with van der Waals surface area (Å²) in [7, 11) is -0.0899. The van der Waals surface area contributed by atoms with Gasteiger partial charge in [0.15, 0.2) is 0 Å². The molecule has 3 aliphatic rings. The normalized spacial score (nSPS) is 33.4. The first-order valence-corrected chi connectivity index (χ1v) is 10.2. The Kier molecular flexibility index (Phi) is 5.33. The molecule has 2 atom stereocenters. The summed E-state index contributed by atoms with van der Waals surface area (Å²) in [6.07, 6.45) is 5.57. The molecule has 7 heteroatoms. The molecule has 0 bridgehead atoms. The Balaban J connectivity index is 1.58. The topological polar surface area (TPSA) is 59.1 Å². The highest BCUT2D eigenvalue weighted by atomic mass is 32.2. The molecule has 3 rings (SSSR count). The third-order valence-corrected chi connectivity index (χ3v) is 7.73. The first-order valence-electron chi connectivity index (χ1n) is 8.77. The van der Waals surface area contributed by atoms with Crippen LogP contribution in [0.25, 0.3) is 0 Å². The van der Waals surface area contributed by atoms with Gasteiger partial charge in [0.25, 0.3) is 10.2 Å². The van der Waals surface area contributed by atoms with Crippen molar-refractivity contribution >= 4 is 10.2 Å². The van der Waals surface area contributed by atoms with Crippen molar-refractivity contribution in [1.29, 1.82) is 0 Å². The maximum atomic E-state index is 12.4. The number of ether oxygens (including phenoxy) is 2. The van der Waals surface area contributed by atoms with E-state index in [2.05, 4.69) is 0 Å². The van der Waals surface area contributed by atoms with Crippen molar-refractivity contribution in [2.24, 2.45) is 17.3 Å². The van der Waals surface area contributed by atoms with Gasteiger partial charge in [0, 0.05) is 52.4 Å². The molecular weight excluding hydrogens is 316 g/mol. The van der Waals surface area contributed by atoms with Crippen molar-refractivity contribution in [3.8, 4) is 0 Å². The van der Waals surface area contributed by atoms with Crippen LogP contribution in [0.2, 0.25) is 0 Å². The van der Waals surface area contributed by atoms with Gasteiger partial charge in [-0.25, -0.2) is 0 Å². The molecule has 6 nitrogen and oxygen atoms in total. The molecule has 2 aliphatic heterocycles. The van der Waals surface area contributed by atoms with Gasteiger partial charge in [-0.3, -0.25) is 0 Å². The van der Waals surface area contributed by atoms with Crippen molar-refractivity contribution in [1.82, 2.24) is 8.61 Å². The molecule has 3 fully saturated rings. The molecule has 0 amide bonds. The molecule has 0 aromatic carbocycles. The summed E-state index contributed by atoms with van der Waals surface area (Å²) in [5.41, 5.74) is 0.0360. The number of hydrogen-bond donors (Lipinski definition) is 0. The fraction of sp³-hybridized carbons (Fsp3) is 1.00. The number of fused-ring (bicyclic) bond motifs is 1. The second-order valence-electron chi connectivity index (χ2n) is 7.61. The Morgan fingerprint density at radius 3 is 2.70 bits per heavy atom. The lowest BCUT2D eigenvalue weighted by atomic mass is 9.81. The van der Waals surface area contributed by atoms with Gasteiger partial charge < -0.3 is 9.47 Å². The molecule has 1 saturated carbocycles. The van der Waals surface area contributed by atoms with Crippen molar-refractivity contribution in [2.45, 2.75) is 32.1 Å². The minimum atomic E-state index is -3.31. The van der Waals surface area contributed by atoms with E-state index in [4.69, 9.17) is 9.47 Å². The summed E-state index contributed by atoms with van der Waals surface area (Å²) in [5, 5.41) is 0. The van der Waals surface area contributed by atoms with Crippen LogP contribution in [-0.4, -0.2) is 70.6 Å². The van der Waals surface area contributed by atoms with E-state index in [9.17, 15) is 8.42 Å². The summed E-state index contributed by atoms with van der Waals surface area (Å²) in [4.78, 5) is 0. The lowest BCUT2D eigenvalue weighted by Crippen LogP contribution is -2.40. The van der Waals surface area contributed by atoms with Crippen molar-refractivity contribution in [2.75, 3.05) is 53.6 Å². The second kappa shape index (κ2) is 6.96. The van der Waals surface area contributed by atoms with E-state index < -0.39 is 10.2 Å². The molecule has 2 heterocycles. The SMILES string of the molecule is CN(C)S(=O)(=O)N1C[C@H]2CCC[C@]2(COCC2CCOCC2)C1. The standard InChI is InChI=1S/C16H30N2O4S/c1-17(2)23(19,20)18-10-15-4-3-7-16(15,12-18)13-22-11-14-5-8-21-9-6-14/h14-15H,3-13H2,1-2H3/t15-,16-/m1/s1. The summed E-state index contributed by atoms with van der Waals surface area (Å²) >= 11 is 0. The molecule has 134 valence electrons. The van der Waals surface area contributed by atoms with E-state index in [-0.39, 0.29) is 5.41 Å². The van der Waals surface area contributed by atoms with Crippen molar-refractivity contribution in [3.63, 3.8) is 0 Å². The Morgan fingerprint density at radius 2 is 2.00 bits per heavy atom. The third-order valence-electron chi connectivity index (χ3n) is 5.88. The molecule has 0 N–H and O–H groups in total. The van der Waals surface area contributed by atoms with Crippen LogP contribution >= 0.6 is 0 Å². The summed E-state index contributed by atoms with van der Waals surface area (Å²) in [6.45, 7) is 4.45. The number of nitrogens with zero attached hydrogens (tertiary/aromatic N) is 2. The number of rotatable bonds is 6. The van der Waals surface area contributed by atoms with Gasteiger partial charge in [0.2, 0.25) is 0 Å². The van der Waals surface area contributed by atoms with Crippen LogP contribution in [-0.2, 0) is 19.7 Å². The quantitative estimate of drug-likeness (QED) is 0.728. The van der Waals surface area contributed by atoms with E-state index in [1.165, 1.54) is 10.7 Å². The Hall–Kier alpha value is -0.210. The van der Waals surface area contributed by atoms with Crippen LogP contribution in [0.5, 0.6) is 0 Å². The van der Waals surface area contributed by atoms with Gasteiger partial charge >= 0.3 is 0 Å². The lowest BCUT2D eigenvalue weighted by molar-refractivity contribution is -0.0116. The van der Waals surface area contributed by atoms with Crippen molar-refractivity contribution < 1.29 is 17.9 Å². The first kappa shape index (κ1) is 17.6. The average molecular weight is 346 g/mol. The predicted molar refractivity (Wildman–Crippen MR) is 88.3 cm³/mol. The smallest absolute Gasteiger partial charge is 0.281 e. The van der Waals surface area contributed by atoms with Gasteiger partial charge in [0.05, 0.1) is 6.61 Å². The van der Waals surface area contributed by atoms with Gasteiger partial charge in [-0.2, -0.15) is 17.0 Å². The first-order chi connectivity index (χ1) is 10.9. The highest BCUT2D eigenvalue weighted by Gasteiger charge is 2.52. The molecule has 2 saturated heterocycles. The Labute approximate surface area is 140 Å². The largest absolute Gasteiger partial charge is 0.381 e. The van der Waals surface area contributed by atoms with Crippen molar-refractivity contribution in [3.05, 3.63) is 0 Å². The fourth-order valence-corrected chi connectivity index (χ4v) is 5.60. The third kappa shape index (κ3) is 3.58. The van der Waals surface area contributed by atoms with Crippen LogP contribution in [0.3, 0.4) is 0 Å². The average Bonchev–Trinajstić information content (AvgIpc) is 3.05. The van der Waals surface area contributed by atoms with E-state index in [0.717, 1.165) is 45.5 Å². The molecule has 0 unspecified atom stereocenters. The molecule has 0 aromatic heterocycles. The van der Waals surface area contributed by atoms with Crippen LogP contribution < -0.4 is 0 Å². The zero-order chi connectivity index (χ0) is 16.5. The van der Waals surface area contributed by atoms with Gasteiger partial charge in [0.1, 0.15) is 0 Å². The summed E-state index contributed by atoms with van der Waals surface area (Å²) < 4.78 is 39.3. The van der Waals surface area contributed by atoms with Gasteiger partial charge in [-0.15, -0.1) is 0 Å². The van der Waals surface area contributed by atoms with Gasteiger partial charge in [-0.05, 0) is 37.5 Å². The number of hydrogen-bond acceptors (Lipinski definition) is 4. The Morgan fingerprint density at radius 1 is 1.26 bits per heavy atom. The zero-order valence-electron chi connectivity index (χ0n) is 14.4. The monoisotopic (exact) mass is 346 g/mol. The van der Waals surface area contributed by atoms with Crippen LogP contribution in [0, 0.1) is 17.3 Å². The lowest BCUT2D eigenvalue weighted by Gasteiger charge is -2.30. The molecule has 0 spiro atoms. The molecule has 1 aliphatic carbocycles. The van der Waals surface area contributed by atoms with E-state index in [0.29, 0.717) is 31.5 Å². The van der Waals surface area contributed by atoms with E-state index >= 15 is 0 Å². The van der Waals surface area contributed by atoms with E-state index in [1.807, 2.05) is 0 Å². The van der Waals surface area contributed by atoms with E-state index in [1.54, 1.807) is 18.4 Å². The highest BCUT2D eigenvalue weighted by Crippen LogP contribution is 2.49. The minimum Gasteiger partial charge on any atom is -0.381 e. The van der Waals surface area contributed by atoms with Crippen LogP contribution in [0.4, 0.5) is 0 Å². The molecule has 0 aromatic rings. The summed E-state index contributed by atoms with van der Waals surface area (Å²) in [5.74, 6) is 1.05. The summed E-state index contributed by atoms with van der Waals surface area (Å²) in [6, 6.07) is 0. The fourth-order valence-electron chi connectivity index (χ4n) is 4.35. The molecule has 23 heavy (non-hydrogen) atoms. The zero-order valence-corrected chi connectivity index (χ0v) is 15.2. The predicted octanol–water partition coefficient (Wildman–Crippen LogP) is 1.34. The van der Waals surface area contributed by atoms with Crippen LogP contribution in [0.1, 0.15) is 32.1 Å². The molecular formula is C16H30N2O4S.